The van der Waals surface area contributed by atoms with Gasteiger partial charge < -0.3 is 15.4 Å². The molecular formula is C18H19FN2OS. The molecule has 3 rings (SSSR count). The summed E-state index contributed by atoms with van der Waals surface area (Å²) in [6.07, 6.45) is 0.801. The molecule has 1 heterocycles. The van der Waals surface area contributed by atoms with E-state index >= 15 is 0 Å². The maximum atomic E-state index is 13.0. The zero-order valence-corrected chi connectivity index (χ0v) is 13.9. The van der Waals surface area contributed by atoms with Crippen molar-refractivity contribution in [3.63, 3.8) is 0 Å². The fourth-order valence-electron chi connectivity index (χ4n) is 2.79. The van der Waals surface area contributed by atoms with E-state index < -0.39 is 0 Å². The molecule has 0 fully saturated rings. The van der Waals surface area contributed by atoms with Crippen LogP contribution in [0.4, 0.5) is 10.1 Å². The molecule has 2 aromatic rings. The zero-order chi connectivity index (χ0) is 16.4. The number of thiocarbonyl (C=S) groups is 1. The van der Waals surface area contributed by atoms with Gasteiger partial charge in [-0.1, -0.05) is 18.2 Å². The lowest BCUT2D eigenvalue weighted by Gasteiger charge is -2.38. The molecule has 0 saturated carbocycles. The molecule has 0 amide bonds. The summed E-state index contributed by atoms with van der Waals surface area (Å²) in [5.74, 6) is 0.611. The normalized spacial score (nSPS) is 18.5. The van der Waals surface area contributed by atoms with Crippen LogP contribution < -0.4 is 15.4 Å². The third-order valence-electron chi connectivity index (χ3n) is 3.78. The van der Waals surface area contributed by atoms with E-state index in [0.29, 0.717) is 5.11 Å². The second kappa shape index (κ2) is 6.16. The van der Waals surface area contributed by atoms with E-state index in [0.717, 1.165) is 23.4 Å². The van der Waals surface area contributed by atoms with Crippen LogP contribution in [0.2, 0.25) is 0 Å². The van der Waals surface area contributed by atoms with Crippen molar-refractivity contribution < 1.29 is 9.13 Å². The summed E-state index contributed by atoms with van der Waals surface area (Å²) in [5, 5.41) is 6.94. The third-order valence-corrected chi connectivity index (χ3v) is 4.00. The van der Waals surface area contributed by atoms with Gasteiger partial charge in [0.1, 0.15) is 17.2 Å². The maximum Gasteiger partial charge on any atom is 0.171 e. The Bertz CT molecular complexity index is 715. The van der Waals surface area contributed by atoms with Crippen LogP contribution in [0.25, 0.3) is 0 Å². The molecule has 2 N–H and O–H groups in total. The molecule has 5 heteroatoms. The molecule has 0 aromatic heterocycles. The van der Waals surface area contributed by atoms with Gasteiger partial charge >= 0.3 is 0 Å². The van der Waals surface area contributed by atoms with Gasteiger partial charge in [-0.05, 0) is 56.4 Å². The Balaban J connectivity index is 1.74. The molecule has 0 bridgehead atoms. The largest absolute Gasteiger partial charge is 0.487 e. The predicted octanol–water partition coefficient (Wildman–Crippen LogP) is 4.41. The molecule has 0 radical (unpaired) electrons. The highest BCUT2D eigenvalue weighted by Gasteiger charge is 2.33. The molecule has 1 atom stereocenters. The van der Waals surface area contributed by atoms with Crippen molar-refractivity contribution >= 4 is 23.0 Å². The molecule has 3 nitrogen and oxygen atoms in total. The van der Waals surface area contributed by atoms with Gasteiger partial charge in [0.25, 0.3) is 0 Å². The number of rotatable bonds is 2. The van der Waals surface area contributed by atoms with Crippen LogP contribution in [0, 0.1) is 5.82 Å². The lowest BCUT2D eigenvalue weighted by atomic mass is 9.90. The zero-order valence-electron chi connectivity index (χ0n) is 13.1. The van der Waals surface area contributed by atoms with Crippen molar-refractivity contribution in [1.82, 2.24) is 5.32 Å². The summed E-state index contributed by atoms with van der Waals surface area (Å²) in [7, 11) is 0. The summed E-state index contributed by atoms with van der Waals surface area (Å²) in [6, 6.07) is 14.2. The van der Waals surface area contributed by atoms with Gasteiger partial charge in [0.15, 0.2) is 5.11 Å². The van der Waals surface area contributed by atoms with Crippen molar-refractivity contribution in [3.8, 4) is 5.75 Å². The minimum atomic E-state index is -0.269. The highest BCUT2D eigenvalue weighted by atomic mass is 32.1. The molecule has 1 aliphatic heterocycles. The van der Waals surface area contributed by atoms with Crippen molar-refractivity contribution in [1.29, 1.82) is 0 Å². The van der Waals surface area contributed by atoms with E-state index in [1.807, 2.05) is 24.3 Å². The first kappa shape index (κ1) is 15.7. The number of fused-ring (bicyclic) bond motifs is 1. The van der Waals surface area contributed by atoms with Crippen molar-refractivity contribution in [2.45, 2.75) is 31.9 Å². The van der Waals surface area contributed by atoms with E-state index in [1.165, 1.54) is 12.1 Å². The Kier molecular flexibility index (Phi) is 4.22. The van der Waals surface area contributed by atoms with Crippen LogP contribution in [-0.2, 0) is 0 Å². The SMILES string of the molecule is CC1(C)C[C@H](NC(=S)Nc2ccc(F)cc2)c2ccccc2O1. The van der Waals surface area contributed by atoms with Crippen LogP contribution in [-0.4, -0.2) is 10.7 Å². The predicted molar refractivity (Wildman–Crippen MR) is 94.3 cm³/mol. The summed E-state index contributed by atoms with van der Waals surface area (Å²) in [6.45, 7) is 4.13. The number of para-hydroxylation sites is 1. The average molecular weight is 330 g/mol. The molecule has 0 aliphatic carbocycles. The summed E-state index contributed by atoms with van der Waals surface area (Å²) in [5.41, 5.74) is 1.58. The number of anilines is 1. The van der Waals surface area contributed by atoms with E-state index in [4.69, 9.17) is 17.0 Å². The van der Waals surface area contributed by atoms with Crippen LogP contribution >= 0.6 is 12.2 Å². The maximum absolute atomic E-state index is 13.0. The smallest absolute Gasteiger partial charge is 0.171 e. The summed E-state index contributed by atoms with van der Waals surface area (Å²) >= 11 is 5.40. The number of ether oxygens (including phenoxy) is 1. The van der Waals surface area contributed by atoms with E-state index in [9.17, 15) is 4.39 Å². The minimum absolute atomic E-state index is 0.0652. The topological polar surface area (TPSA) is 33.3 Å². The van der Waals surface area contributed by atoms with Gasteiger partial charge in [-0.2, -0.15) is 0 Å². The number of halogens is 1. The van der Waals surface area contributed by atoms with Crippen LogP contribution in [0.1, 0.15) is 31.9 Å². The van der Waals surface area contributed by atoms with Gasteiger partial charge in [-0.3, -0.25) is 0 Å². The number of nitrogens with one attached hydrogen (secondary N) is 2. The average Bonchev–Trinajstić information content (AvgIpc) is 2.48. The molecule has 2 aromatic carbocycles. The third kappa shape index (κ3) is 3.79. The Morgan fingerprint density at radius 1 is 1.17 bits per heavy atom. The number of hydrogen-bond acceptors (Lipinski definition) is 2. The molecule has 0 spiro atoms. The van der Waals surface area contributed by atoms with Gasteiger partial charge in [0.05, 0.1) is 6.04 Å². The van der Waals surface area contributed by atoms with Crippen LogP contribution in [0.3, 0.4) is 0 Å². The summed E-state index contributed by atoms with van der Waals surface area (Å²) in [4.78, 5) is 0. The Morgan fingerprint density at radius 2 is 1.87 bits per heavy atom. The van der Waals surface area contributed by atoms with E-state index in [2.05, 4.69) is 24.5 Å². The second-order valence-electron chi connectivity index (χ2n) is 6.26. The Morgan fingerprint density at radius 3 is 2.61 bits per heavy atom. The first-order chi connectivity index (χ1) is 10.9. The van der Waals surface area contributed by atoms with Crippen molar-refractivity contribution in [2.75, 3.05) is 5.32 Å². The number of hydrogen-bond donors (Lipinski definition) is 2. The van der Waals surface area contributed by atoms with Gasteiger partial charge in [0, 0.05) is 17.7 Å². The van der Waals surface area contributed by atoms with Gasteiger partial charge in [0.2, 0.25) is 0 Å². The highest BCUT2D eigenvalue weighted by Crippen LogP contribution is 2.39. The Labute approximate surface area is 140 Å². The highest BCUT2D eigenvalue weighted by molar-refractivity contribution is 7.80. The van der Waals surface area contributed by atoms with Crippen LogP contribution in [0.15, 0.2) is 48.5 Å². The molecule has 1 aliphatic rings. The van der Waals surface area contributed by atoms with Gasteiger partial charge in [-0.15, -0.1) is 0 Å². The quantitative estimate of drug-likeness (QED) is 0.799. The second-order valence-corrected chi connectivity index (χ2v) is 6.67. The first-order valence-corrected chi connectivity index (χ1v) is 7.95. The van der Waals surface area contributed by atoms with Crippen LogP contribution in [0.5, 0.6) is 5.75 Å². The fourth-order valence-corrected chi connectivity index (χ4v) is 3.05. The fraction of sp³-hybridized carbons (Fsp3) is 0.278. The first-order valence-electron chi connectivity index (χ1n) is 7.54. The monoisotopic (exact) mass is 330 g/mol. The van der Waals surface area contributed by atoms with Gasteiger partial charge in [-0.25, -0.2) is 4.39 Å². The minimum Gasteiger partial charge on any atom is -0.487 e. The summed E-state index contributed by atoms with van der Waals surface area (Å²) < 4.78 is 19.0. The van der Waals surface area contributed by atoms with E-state index in [-0.39, 0.29) is 17.5 Å². The standard InChI is InChI=1S/C18H19FN2OS/c1-18(2)11-15(14-5-3-4-6-16(14)22-18)21-17(23)20-13-9-7-12(19)8-10-13/h3-10,15H,11H2,1-2H3,(H2,20,21,23)/t15-/m0/s1. The molecule has 0 unspecified atom stereocenters. The molecule has 0 saturated heterocycles. The Hall–Kier alpha value is -2.14. The molecule has 120 valence electrons. The lowest BCUT2D eigenvalue weighted by Crippen LogP contribution is -2.42. The number of benzene rings is 2. The lowest BCUT2D eigenvalue weighted by molar-refractivity contribution is 0.0697. The molecular weight excluding hydrogens is 311 g/mol. The van der Waals surface area contributed by atoms with E-state index in [1.54, 1.807) is 12.1 Å². The molecule has 23 heavy (non-hydrogen) atoms. The van der Waals surface area contributed by atoms with Crippen molar-refractivity contribution in [2.24, 2.45) is 0 Å². The van der Waals surface area contributed by atoms with Crippen molar-refractivity contribution in [3.05, 3.63) is 59.9 Å².